The minimum Gasteiger partial charge on any atom is -0.466 e. The van der Waals surface area contributed by atoms with Gasteiger partial charge < -0.3 is 19.5 Å². The molecule has 49 heavy (non-hydrogen) atoms. The second-order valence-electron chi connectivity index (χ2n) is 14.8. The zero-order valence-electron chi connectivity index (χ0n) is 33.3. The van der Waals surface area contributed by atoms with E-state index in [2.05, 4.69) is 25.7 Å². The summed E-state index contributed by atoms with van der Waals surface area (Å²) in [4.78, 5) is 27.2. The molecule has 0 saturated carbocycles. The highest BCUT2D eigenvalue weighted by atomic mass is 16.5. The third-order valence-corrected chi connectivity index (χ3v) is 10.0. The number of carbonyl (C=O) groups is 2. The van der Waals surface area contributed by atoms with Crippen LogP contribution in [0.25, 0.3) is 0 Å². The van der Waals surface area contributed by atoms with Crippen LogP contribution in [0.5, 0.6) is 0 Å². The fourth-order valence-electron chi connectivity index (χ4n) is 6.73. The first-order valence-corrected chi connectivity index (χ1v) is 21.7. The molecule has 1 unspecified atom stereocenters. The number of carbonyl (C=O) groups excluding carboxylic acids is 2. The fraction of sp³-hybridized carbons (Fsp3) is 0.953. The first-order chi connectivity index (χ1) is 24.1. The van der Waals surface area contributed by atoms with Gasteiger partial charge in [-0.1, -0.05) is 168 Å². The van der Waals surface area contributed by atoms with Crippen LogP contribution >= 0.6 is 0 Å². The van der Waals surface area contributed by atoms with E-state index < -0.39 is 0 Å². The molecule has 292 valence electrons. The Balaban J connectivity index is 3.82. The van der Waals surface area contributed by atoms with Crippen LogP contribution in [0.1, 0.15) is 220 Å². The molecule has 0 amide bonds. The van der Waals surface area contributed by atoms with Gasteiger partial charge in [0.2, 0.25) is 0 Å². The Morgan fingerprint density at radius 2 is 0.857 bits per heavy atom. The van der Waals surface area contributed by atoms with E-state index in [1.165, 1.54) is 122 Å². The second kappa shape index (κ2) is 39.6. The van der Waals surface area contributed by atoms with Crippen LogP contribution < -0.4 is 0 Å². The molecule has 0 aromatic rings. The van der Waals surface area contributed by atoms with E-state index in [1.807, 2.05) is 0 Å². The predicted octanol–water partition coefficient (Wildman–Crippen LogP) is 12.1. The van der Waals surface area contributed by atoms with E-state index in [9.17, 15) is 14.7 Å². The van der Waals surface area contributed by atoms with Crippen molar-refractivity contribution in [2.24, 2.45) is 5.92 Å². The lowest BCUT2D eigenvalue weighted by atomic mass is 9.94. The van der Waals surface area contributed by atoms with Crippen molar-refractivity contribution >= 4 is 11.9 Å². The summed E-state index contributed by atoms with van der Waals surface area (Å²) in [6.45, 7) is 11.0. The standard InChI is InChI=1S/C43H85NO5/c1-4-7-10-13-19-26-33-41(32-25-12-9-6-3)43(47)49-40-31-24-17-15-16-21-28-35-44(37-38-45)36-29-22-18-20-27-34-42(46)48-39-30-23-14-11-8-5-2/h41,45H,4-40H2,1-3H3. The van der Waals surface area contributed by atoms with Crippen LogP contribution in [0.2, 0.25) is 0 Å². The van der Waals surface area contributed by atoms with Gasteiger partial charge in [0, 0.05) is 13.0 Å². The normalized spacial score (nSPS) is 12.1. The molecule has 0 bridgehead atoms. The summed E-state index contributed by atoms with van der Waals surface area (Å²) >= 11 is 0. The van der Waals surface area contributed by atoms with Crippen molar-refractivity contribution in [3.8, 4) is 0 Å². The highest BCUT2D eigenvalue weighted by Gasteiger charge is 2.19. The third kappa shape index (κ3) is 35.1. The molecule has 0 aliphatic rings. The maximum absolute atomic E-state index is 12.8. The van der Waals surface area contributed by atoms with Crippen molar-refractivity contribution in [2.45, 2.75) is 220 Å². The fourth-order valence-corrected chi connectivity index (χ4v) is 6.73. The lowest BCUT2D eigenvalue weighted by molar-refractivity contribution is -0.149. The number of hydrogen-bond donors (Lipinski definition) is 1. The molecule has 6 heteroatoms. The largest absolute Gasteiger partial charge is 0.466 e. The van der Waals surface area contributed by atoms with Crippen molar-refractivity contribution in [1.82, 2.24) is 4.90 Å². The van der Waals surface area contributed by atoms with Crippen molar-refractivity contribution in [1.29, 1.82) is 0 Å². The second-order valence-corrected chi connectivity index (χ2v) is 14.8. The summed E-state index contributed by atoms with van der Waals surface area (Å²) in [6, 6.07) is 0. The smallest absolute Gasteiger partial charge is 0.308 e. The summed E-state index contributed by atoms with van der Waals surface area (Å²) in [5.74, 6) is 0.141. The molecule has 0 aromatic heterocycles. The maximum Gasteiger partial charge on any atom is 0.308 e. The Morgan fingerprint density at radius 1 is 0.469 bits per heavy atom. The molecule has 0 saturated heterocycles. The molecule has 1 atom stereocenters. The average Bonchev–Trinajstić information content (AvgIpc) is 3.10. The van der Waals surface area contributed by atoms with E-state index in [0.717, 1.165) is 90.3 Å². The van der Waals surface area contributed by atoms with Crippen molar-refractivity contribution in [3.05, 3.63) is 0 Å². The minimum absolute atomic E-state index is 0.0287. The molecule has 6 nitrogen and oxygen atoms in total. The number of aliphatic hydroxyl groups excluding tert-OH is 1. The van der Waals surface area contributed by atoms with Gasteiger partial charge in [0.15, 0.2) is 0 Å². The van der Waals surface area contributed by atoms with Gasteiger partial charge in [-0.2, -0.15) is 0 Å². The first-order valence-electron chi connectivity index (χ1n) is 21.7. The van der Waals surface area contributed by atoms with Crippen molar-refractivity contribution in [3.63, 3.8) is 0 Å². The van der Waals surface area contributed by atoms with Gasteiger partial charge >= 0.3 is 11.9 Å². The molecule has 0 spiro atoms. The topological polar surface area (TPSA) is 76.1 Å². The van der Waals surface area contributed by atoms with Crippen LogP contribution in [-0.2, 0) is 19.1 Å². The van der Waals surface area contributed by atoms with Crippen molar-refractivity contribution in [2.75, 3.05) is 39.5 Å². The molecular formula is C43H85NO5. The highest BCUT2D eigenvalue weighted by Crippen LogP contribution is 2.21. The van der Waals surface area contributed by atoms with E-state index >= 15 is 0 Å². The molecule has 0 radical (unpaired) electrons. The molecule has 0 aliphatic carbocycles. The lowest BCUT2D eigenvalue weighted by Gasteiger charge is -2.21. The summed E-state index contributed by atoms with van der Waals surface area (Å²) in [5, 5.41) is 9.51. The molecular weight excluding hydrogens is 610 g/mol. The maximum atomic E-state index is 12.8. The Labute approximate surface area is 305 Å². The average molecular weight is 696 g/mol. The lowest BCUT2D eigenvalue weighted by Crippen LogP contribution is -2.29. The van der Waals surface area contributed by atoms with Gasteiger partial charge in [-0.15, -0.1) is 0 Å². The Kier molecular flexibility index (Phi) is 38.7. The van der Waals surface area contributed by atoms with Gasteiger partial charge in [-0.25, -0.2) is 0 Å². The quantitative estimate of drug-likeness (QED) is 0.0508. The van der Waals surface area contributed by atoms with Crippen LogP contribution in [0.3, 0.4) is 0 Å². The number of unbranched alkanes of at least 4 members (excludes halogenated alkanes) is 23. The molecule has 0 rings (SSSR count). The SMILES string of the molecule is CCCCCCCCOC(=O)CCCCCCCN(CCO)CCCCCCCCCOC(=O)C(CCCCCC)CCCCCCCC. The zero-order valence-corrected chi connectivity index (χ0v) is 33.3. The number of ether oxygens (including phenoxy) is 2. The third-order valence-electron chi connectivity index (χ3n) is 10.0. The van der Waals surface area contributed by atoms with Crippen molar-refractivity contribution < 1.29 is 24.2 Å². The number of aliphatic hydroxyl groups is 1. The van der Waals surface area contributed by atoms with Gasteiger partial charge in [0.1, 0.15) is 0 Å². The number of nitrogens with zero attached hydrogens (tertiary/aromatic N) is 1. The minimum atomic E-state index is -0.0287. The van der Waals surface area contributed by atoms with Gasteiger partial charge in [-0.05, 0) is 58.0 Å². The zero-order chi connectivity index (χ0) is 35.9. The summed E-state index contributed by atoms with van der Waals surface area (Å²) < 4.78 is 11.1. The predicted molar refractivity (Wildman–Crippen MR) is 209 cm³/mol. The number of rotatable bonds is 40. The summed E-state index contributed by atoms with van der Waals surface area (Å²) in [5.41, 5.74) is 0. The van der Waals surface area contributed by atoms with Crippen LogP contribution in [0.4, 0.5) is 0 Å². The number of esters is 2. The highest BCUT2D eigenvalue weighted by molar-refractivity contribution is 5.72. The Bertz CT molecular complexity index is 687. The van der Waals surface area contributed by atoms with Crippen LogP contribution in [0, 0.1) is 5.92 Å². The van der Waals surface area contributed by atoms with Crippen LogP contribution in [-0.4, -0.2) is 61.4 Å². The Morgan fingerprint density at radius 3 is 1.35 bits per heavy atom. The van der Waals surface area contributed by atoms with Gasteiger partial charge in [-0.3, -0.25) is 9.59 Å². The van der Waals surface area contributed by atoms with E-state index in [4.69, 9.17) is 9.47 Å². The summed E-state index contributed by atoms with van der Waals surface area (Å²) in [7, 11) is 0. The number of hydrogen-bond acceptors (Lipinski definition) is 6. The Hall–Kier alpha value is -1.14. The first kappa shape index (κ1) is 47.9. The molecule has 0 aliphatic heterocycles. The molecule has 0 heterocycles. The molecule has 1 N–H and O–H groups in total. The van der Waals surface area contributed by atoms with E-state index in [0.29, 0.717) is 19.6 Å². The van der Waals surface area contributed by atoms with E-state index in [1.54, 1.807) is 0 Å². The summed E-state index contributed by atoms with van der Waals surface area (Å²) in [6.07, 6.45) is 36.2. The molecule has 0 fully saturated rings. The van der Waals surface area contributed by atoms with E-state index in [-0.39, 0.29) is 24.5 Å². The monoisotopic (exact) mass is 696 g/mol. The van der Waals surface area contributed by atoms with Gasteiger partial charge in [0.25, 0.3) is 0 Å². The molecule has 0 aromatic carbocycles. The van der Waals surface area contributed by atoms with Gasteiger partial charge in [0.05, 0.1) is 25.7 Å². The van der Waals surface area contributed by atoms with Crippen LogP contribution in [0.15, 0.2) is 0 Å².